The Hall–Kier alpha value is -2.74. The summed E-state index contributed by atoms with van der Waals surface area (Å²) >= 11 is 0. The van der Waals surface area contributed by atoms with Crippen LogP contribution in [0.15, 0.2) is 72.8 Å². The minimum atomic E-state index is 0.766. The fourth-order valence-corrected chi connectivity index (χ4v) is 3.52. The van der Waals surface area contributed by atoms with Gasteiger partial charge >= 0.3 is 0 Å². The van der Waals surface area contributed by atoms with E-state index in [4.69, 9.17) is 4.74 Å². The molecule has 0 spiro atoms. The van der Waals surface area contributed by atoms with Gasteiger partial charge < -0.3 is 9.30 Å². The third-order valence-electron chi connectivity index (χ3n) is 4.81. The van der Waals surface area contributed by atoms with Crippen molar-refractivity contribution in [2.45, 2.75) is 26.3 Å². The number of fused-ring (bicyclic) bond motifs is 3. The molecule has 2 nitrogen and oxygen atoms in total. The molecule has 0 amide bonds. The van der Waals surface area contributed by atoms with Gasteiger partial charge in [0.25, 0.3) is 0 Å². The normalized spacial score (nSPS) is 11.2. The minimum absolute atomic E-state index is 0.766. The maximum atomic E-state index is 5.92. The molecule has 2 heteroatoms. The largest absolute Gasteiger partial charge is 0.493 e. The molecule has 3 aromatic carbocycles. The first-order chi connectivity index (χ1) is 12.3. The van der Waals surface area contributed by atoms with Crippen LogP contribution in [-0.2, 0) is 6.54 Å². The lowest BCUT2D eigenvalue weighted by Crippen LogP contribution is -2.02. The molecule has 1 heterocycles. The molecule has 0 atom stereocenters. The summed E-state index contributed by atoms with van der Waals surface area (Å²) in [7, 11) is 0. The van der Waals surface area contributed by atoms with Gasteiger partial charge in [-0.1, -0.05) is 54.6 Å². The van der Waals surface area contributed by atoms with Gasteiger partial charge in [0.2, 0.25) is 0 Å². The molecule has 1 aromatic heterocycles. The van der Waals surface area contributed by atoms with Gasteiger partial charge in [0.15, 0.2) is 0 Å². The van der Waals surface area contributed by atoms with Crippen molar-refractivity contribution in [1.82, 2.24) is 4.57 Å². The fourth-order valence-electron chi connectivity index (χ4n) is 3.52. The Bertz CT molecular complexity index is 946. The summed E-state index contributed by atoms with van der Waals surface area (Å²) in [5.74, 6) is 0.999. The predicted molar refractivity (Wildman–Crippen MR) is 105 cm³/mol. The monoisotopic (exact) mass is 329 g/mol. The highest BCUT2D eigenvalue weighted by molar-refractivity contribution is 6.07. The molecule has 0 radical (unpaired) electrons. The third kappa shape index (κ3) is 3.12. The van der Waals surface area contributed by atoms with Gasteiger partial charge in [-0.05, 0) is 43.5 Å². The summed E-state index contributed by atoms with van der Waals surface area (Å²) in [6.07, 6.45) is 2.16. The summed E-state index contributed by atoms with van der Waals surface area (Å²) in [5.41, 5.74) is 3.84. The van der Waals surface area contributed by atoms with Crippen molar-refractivity contribution in [3.63, 3.8) is 0 Å². The first-order valence-corrected chi connectivity index (χ1v) is 8.99. The van der Waals surface area contributed by atoms with Gasteiger partial charge in [-0.15, -0.1) is 0 Å². The zero-order valence-electron chi connectivity index (χ0n) is 14.6. The number of aryl methyl sites for hydroxylation is 2. The fraction of sp³-hybridized carbons (Fsp3) is 0.217. The standard InChI is InChI=1S/C23H23NO/c1-18-10-2-7-15-23(18)25-17-9-8-16-24-21-13-5-3-11-19(21)20-12-4-6-14-22(20)24/h2-7,10-15H,8-9,16-17H2,1H3. The van der Waals surface area contributed by atoms with Gasteiger partial charge in [0, 0.05) is 28.4 Å². The Morgan fingerprint density at radius 1 is 0.720 bits per heavy atom. The quantitative estimate of drug-likeness (QED) is 0.398. The molecule has 0 unspecified atom stereocenters. The van der Waals surface area contributed by atoms with Crippen LogP contribution in [0, 0.1) is 6.92 Å². The van der Waals surface area contributed by atoms with E-state index in [0.717, 1.165) is 31.7 Å². The number of aromatic nitrogens is 1. The maximum absolute atomic E-state index is 5.92. The van der Waals surface area contributed by atoms with Crippen molar-refractivity contribution in [2.24, 2.45) is 0 Å². The molecule has 0 saturated carbocycles. The Balaban J connectivity index is 1.45. The Kier molecular flexibility index (Phi) is 4.43. The van der Waals surface area contributed by atoms with Crippen LogP contribution in [-0.4, -0.2) is 11.2 Å². The average Bonchev–Trinajstić information content (AvgIpc) is 2.97. The van der Waals surface area contributed by atoms with Gasteiger partial charge in [0.05, 0.1) is 6.61 Å². The highest BCUT2D eigenvalue weighted by atomic mass is 16.5. The number of hydrogen-bond donors (Lipinski definition) is 0. The van der Waals surface area contributed by atoms with E-state index in [1.807, 2.05) is 18.2 Å². The number of ether oxygens (including phenoxy) is 1. The summed E-state index contributed by atoms with van der Waals surface area (Å²) in [6, 6.07) is 25.6. The highest BCUT2D eigenvalue weighted by Crippen LogP contribution is 2.29. The smallest absolute Gasteiger partial charge is 0.122 e. The molecule has 0 aliphatic heterocycles. The SMILES string of the molecule is Cc1ccccc1OCCCCn1c2ccccc2c2ccccc21. The topological polar surface area (TPSA) is 14.2 Å². The van der Waals surface area contributed by atoms with E-state index in [2.05, 4.69) is 66.1 Å². The summed E-state index contributed by atoms with van der Waals surface area (Å²) in [6.45, 7) is 3.88. The van der Waals surface area contributed by atoms with Crippen LogP contribution in [0.1, 0.15) is 18.4 Å². The van der Waals surface area contributed by atoms with Crippen LogP contribution >= 0.6 is 0 Å². The Morgan fingerprint density at radius 2 is 1.32 bits per heavy atom. The number of unbranched alkanes of at least 4 members (excludes halogenated alkanes) is 1. The van der Waals surface area contributed by atoms with Crippen molar-refractivity contribution in [3.05, 3.63) is 78.4 Å². The van der Waals surface area contributed by atoms with Gasteiger partial charge in [-0.25, -0.2) is 0 Å². The molecule has 0 fully saturated rings. The number of rotatable bonds is 6. The van der Waals surface area contributed by atoms with Crippen LogP contribution < -0.4 is 4.74 Å². The molecule has 4 rings (SSSR count). The zero-order valence-corrected chi connectivity index (χ0v) is 14.6. The maximum Gasteiger partial charge on any atom is 0.122 e. The van der Waals surface area contributed by atoms with Crippen LogP contribution in [0.2, 0.25) is 0 Å². The molecule has 0 aliphatic carbocycles. The molecule has 126 valence electrons. The summed E-state index contributed by atoms with van der Waals surface area (Å²) in [4.78, 5) is 0. The van der Waals surface area contributed by atoms with Crippen molar-refractivity contribution in [2.75, 3.05) is 6.61 Å². The first-order valence-electron chi connectivity index (χ1n) is 8.99. The predicted octanol–water partition coefficient (Wildman–Crippen LogP) is 5.96. The van der Waals surface area contributed by atoms with Gasteiger partial charge in [-0.2, -0.15) is 0 Å². The highest BCUT2D eigenvalue weighted by Gasteiger charge is 2.09. The third-order valence-corrected chi connectivity index (χ3v) is 4.81. The summed E-state index contributed by atoms with van der Waals surface area (Å²) < 4.78 is 8.36. The van der Waals surface area contributed by atoms with E-state index in [1.165, 1.54) is 27.4 Å². The molecule has 0 N–H and O–H groups in total. The molecule has 4 aromatic rings. The Labute approximate surface area is 148 Å². The van der Waals surface area contributed by atoms with E-state index in [-0.39, 0.29) is 0 Å². The van der Waals surface area contributed by atoms with Crippen molar-refractivity contribution < 1.29 is 4.74 Å². The molecule has 0 saturated heterocycles. The second-order valence-corrected chi connectivity index (χ2v) is 6.51. The van der Waals surface area contributed by atoms with E-state index in [0.29, 0.717) is 0 Å². The molecular formula is C23H23NO. The van der Waals surface area contributed by atoms with E-state index in [1.54, 1.807) is 0 Å². The second kappa shape index (κ2) is 7.02. The second-order valence-electron chi connectivity index (χ2n) is 6.51. The van der Waals surface area contributed by atoms with E-state index >= 15 is 0 Å². The lowest BCUT2D eigenvalue weighted by atomic mass is 10.2. The van der Waals surface area contributed by atoms with Crippen LogP contribution in [0.5, 0.6) is 5.75 Å². The van der Waals surface area contributed by atoms with Crippen molar-refractivity contribution >= 4 is 21.8 Å². The van der Waals surface area contributed by atoms with E-state index < -0.39 is 0 Å². The zero-order chi connectivity index (χ0) is 17.1. The van der Waals surface area contributed by atoms with Crippen molar-refractivity contribution in [1.29, 1.82) is 0 Å². The van der Waals surface area contributed by atoms with E-state index in [9.17, 15) is 0 Å². The summed E-state index contributed by atoms with van der Waals surface area (Å²) in [5, 5.41) is 2.68. The number of hydrogen-bond acceptors (Lipinski definition) is 1. The lowest BCUT2D eigenvalue weighted by Gasteiger charge is -2.10. The van der Waals surface area contributed by atoms with Crippen molar-refractivity contribution in [3.8, 4) is 5.75 Å². The number of nitrogens with zero attached hydrogens (tertiary/aromatic N) is 1. The number of benzene rings is 3. The minimum Gasteiger partial charge on any atom is -0.493 e. The lowest BCUT2D eigenvalue weighted by molar-refractivity contribution is 0.302. The van der Waals surface area contributed by atoms with Crippen LogP contribution in [0.25, 0.3) is 21.8 Å². The van der Waals surface area contributed by atoms with Gasteiger partial charge in [-0.3, -0.25) is 0 Å². The van der Waals surface area contributed by atoms with Crippen LogP contribution in [0.4, 0.5) is 0 Å². The number of para-hydroxylation sites is 3. The molecule has 25 heavy (non-hydrogen) atoms. The first kappa shape index (κ1) is 15.8. The Morgan fingerprint density at radius 3 is 2.00 bits per heavy atom. The molecule has 0 aliphatic rings. The van der Waals surface area contributed by atoms with Crippen LogP contribution in [0.3, 0.4) is 0 Å². The molecular weight excluding hydrogens is 306 g/mol. The van der Waals surface area contributed by atoms with Gasteiger partial charge in [0.1, 0.15) is 5.75 Å². The average molecular weight is 329 g/mol. The molecule has 0 bridgehead atoms.